The lowest BCUT2D eigenvalue weighted by Gasteiger charge is -2.17. The number of nitrogens with one attached hydrogen (secondary N) is 4. The number of rotatable bonds is 19. The zero-order valence-electron chi connectivity index (χ0n) is 35.0. The SMILES string of the molecule is CC(=O)C(N=Nc1cccc(C(=O)Nc2ccccc2CCCl)c1Cl)C(=O)Nc1ccc(NC(=O)C(N=Nc2cccc(C(=O)Nc3ccccc3CCCl)c2Cl)C(C)=O)c(C(C)Cl)c1. The highest BCUT2D eigenvalue weighted by Crippen LogP contribution is 2.34. The maximum atomic E-state index is 13.5. The number of hydrogen-bond acceptors (Lipinski definition) is 10. The Morgan fingerprint density at radius 2 is 1.00 bits per heavy atom. The number of nitrogens with zero attached hydrogens (tertiary/aromatic N) is 4. The Hall–Kier alpha value is -6.03. The lowest BCUT2D eigenvalue weighted by atomic mass is 10.1. The second-order valence-electron chi connectivity index (χ2n) is 14.2. The van der Waals surface area contributed by atoms with Crippen LogP contribution in [0.2, 0.25) is 10.0 Å². The Labute approximate surface area is 399 Å². The molecule has 0 fully saturated rings. The van der Waals surface area contributed by atoms with Gasteiger partial charge in [0.2, 0.25) is 12.1 Å². The molecule has 0 aromatic heterocycles. The average Bonchev–Trinajstić information content (AvgIpc) is 3.26. The highest BCUT2D eigenvalue weighted by atomic mass is 35.5. The minimum Gasteiger partial charge on any atom is -0.324 e. The molecule has 0 radical (unpaired) electrons. The van der Waals surface area contributed by atoms with E-state index in [1.54, 1.807) is 31.2 Å². The highest BCUT2D eigenvalue weighted by molar-refractivity contribution is 6.37. The van der Waals surface area contributed by atoms with Crippen LogP contribution in [0.5, 0.6) is 0 Å². The van der Waals surface area contributed by atoms with Gasteiger partial charge in [-0.25, -0.2) is 0 Å². The Kier molecular flexibility index (Phi) is 18.3. The molecule has 14 nitrogen and oxygen atoms in total. The summed E-state index contributed by atoms with van der Waals surface area (Å²) < 4.78 is 0. The van der Waals surface area contributed by atoms with Gasteiger partial charge in [0.15, 0.2) is 11.6 Å². The van der Waals surface area contributed by atoms with Crippen LogP contribution in [0.15, 0.2) is 124 Å². The van der Waals surface area contributed by atoms with Crippen LogP contribution in [-0.4, -0.2) is 59.0 Å². The molecule has 3 atom stereocenters. The third-order valence-corrected chi connectivity index (χ3v) is 10.9. The number of para-hydroxylation sites is 2. The van der Waals surface area contributed by atoms with Gasteiger partial charge >= 0.3 is 0 Å². The van der Waals surface area contributed by atoms with Gasteiger partial charge in [-0.15, -0.1) is 34.8 Å². The van der Waals surface area contributed by atoms with Crippen molar-refractivity contribution in [3.8, 4) is 0 Å². The minimum absolute atomic E-state index is 0.0333. The smallest absolute Gasteiger partial charge is 0.258 e. The molecule has 336 valence electrons. The topological polar surface area (TPSA) is 200 Å². The minimum atomic E-state index is -1.63. The maximum absolute atomic E-state index is 13.5. The molecule has 5 aromatic rings. The summed E-state index contributed by atoms with van der Waals surface area (Å²) in [5.74, 6) is -3.33. The third-order valence-electron chi connectivity index (χ3n) is 9.54. The van der Waals surface area contributed by atoms with E-state index >= 15 is 0 Å². The van der Waals surface area contributed by atoms with Crippen molar-refractivity contribution in [1.82, 2.24) is 0 Å². The fraction of sp³-hybridized carbons (Fsp3) is 0.217. The van der Waals surface area contributed by atoms with Gasteiger partial charge in [-0.05, 0) is 105 Å². The van der Waals surface area contributed by atoms with Gasteiger partial charge in [-0.2, -0.15) is 20.5 Å². The van der Waals surface area contributed by atoms with Gasteiger partial charge in [-0.1, -0.05) is 71.7 Å². The summed E-state index contributed by atoms with van der Waals surface area (Å²) in [5, 5.41) is 26.1. The van der Waals surface area contributed by atoms with Gasteiger partial charge in [0.05, 0.1) is 26.5 Å². The van der Waals surface area contributed by atoms with Crippen LogP contribution >= 0.6 is 58.0 Å². The number of amides is 4. The first-order valence-corrected chi connectivity index (χ1v) is 22.1. The number of benzene rings is 5. The molecular weight excluding hydrogens is 938 g/mol. The number of alkyl halides is 3. The van der Waals surface area contributed by atoms with Crippen molar-refractivity contribution in [3.63, 3.8) is 0 Å². The van der Waals surface area contributed by atoms with Gasteiger partial charge in [-0.3, -0.25) is 28.8 Å². The fourth-order valence-electron chi connectivity index (χ4n) is 6.22. The summed E-state index contributed by atoms with van der Waals surface area (Å²) in [5.41, 5.74) is 3.73. The molecule has 4 N–H and O–H groups in total. The number of carbonyl (C=O) groups excluding carboxylic acids is 6. The third kappa shape index (κ3) is 13.3. The van der Waals surface area contributed by atoms with E-state index in [0.717, 1.165) is 25.0 Å². The van der Waals surface area contributed by atoms with Gasteiger partial charge in [0, 0.05) is 34.5 Å². The summed E-state index contributed by atoms with van der Waals surface area (Å²) in [7, 11) is 0. The molecule has 65 heavy (non-hydrogen) atoms. The van der Waals surface area contributed by atoms with Crippen LogP contribution in [0, 0.1) is 0 Å². The van der Waals surface area contributed by atoms with E-state index in [2.05, 4.69) is 41.7 Å². The lowest BCUT2D eigenvalue weighted by Crippen LogP contribution is -2.32. The molecule has 0 bridgehead atoms. The zero-order valence-corrected chi connectivity index (χ0v) is 38.8. The number of ketones is 2. The Morgan fingerprint density at radius 3 is 1.43 bits per heavy atom. The molecular formula is C46H41Cl5N8O6. The second-order valence-corrected chi connectivity index (χ2v) is 16.4. The molecule has 4 amide bonds. The van der Waals surface area contributed by atoms with Gasteiger partial charge in [0.25, 0.3) is 23.6 Å². The monoisotopic (exact) mass is 976 g/mol. The van der Waals surface area contributed by atoms with E-state index in [9.17, 15) is 28.8 Å². The van der Waals surface area contributed by atoms with Crippen molar-refractivity contribution in [1.29, 1.82) is 0 Å². The van der Waals surface area contributed by atoms with E-state index in [4.69, 9.17) is 58.0 Å². The number of carbonyl (C=O) groups is 6. The van der Waals surface area contributed by atoms with Crippen molar-refractivity contribution in [2.75, 3.05) is 33.0 Å². The number of anilines is 4. The fourth-order valence-corrected chi connectivity index (χ4v) is 7.31. The van der Waals surface area contributed by atoms with E-state index in [1.807, 2.05) is 24.3 Å². The van der Waals surface area contributed by atoms with Crippen molar-refractivity contribution in [3.05, 3.63) is 141 Å². The number of aryl methyl sites for hydroxylation is 2. The van der Waals surface area contributed by atoms with Crippen LogP contribution < -0.4 is 21.3 Å². The zero-order chi connectivity index (χ0) is 47.2. The number of halogens is 5. The molecule has 0 saturated heterocycles. The summed E-state index contributed by atoms with van der Waals surface area (Å²) >= 11 is 31.5. The molecule has 5 aromatic carbocycles. The summed E-state index contributed by atoms with van der Waals surface area (Å²) in [6.07, 6.45) is 1.06. The van der Waals surface area contributed by atoms with E-state index in [0.29, 0.717) is 41.5 Å². The highest BCUT2D eigenvalue weighted by Gasteiger charge is 2.27. The molecule has 0 saturated carbocycles. The maximum Gasteiger partial charge on any atom is 0.258 e. The van der Waals surface area contributed by atoms with Crippen LogP contribution in [0.25, 0.3) is 0 Å². The predicted octanol–water partition coefficient (Wildman–Crippen LogP) is 11.7. The van der Waals surface area contributed by atoms with Crippen molar-refractivity contribution < 1.29 is 28.8 Å². The first-order valence-electron chi connectivity index (χ1n) is 19.8. The summed E-state index contributed by atoms with van der Waals surface area (Å²) in [4.78, 5) is 78.8. The summed E-state index contributed by atoms with van der Waals surface area (Å²) in [6, 6.07) is 24.5. The van der Waals surface area contributed by atoms with Crippen LogP contribution in [0.3, 0.4) is 0 Å². The van der Waals surface area contributed by atoms with Crippen molar-refractivity contribution in [2.45, 2.75) is 51.1 Å². The van der Waals surface area contributed by atoms with E-state index in [-0.39, 0.29) is 43.9 Å². The first kappa shape index (κ1) is 50.0. The van der Waals surface area contributed by atoms with Gasteiger partial charge in [0.1, 0.15) is 11.4 Å². The Balaban J connectivity index is 1.28. The standard InChI is InChI=1S/C46H41Cl5N8O6/c1-25(49)33-24-30(52-45(64)41(26(2)60)58-56-37-16-8-12-31(39(37)50)43(62)53-34-14-6-4-10-28(34)20-22-47)18-19-36(33)55-46(65)42(27(3)61)59-57-38-17-9-13-32(40(38)51)44(63)54-35-15-7-5-11-29(35)21-23-48/h4-19,24-25,41-42H,20-23H2,1-3H3,(H,52,64)(H,53,62)(H,54,63)(H,55,65). The lowest BCUT2D eigenvalue weighted by molar-refractivity contribution is -0.127. The largest absolute Gasteiger partial charge is 0.324 e. The number of Topliss-reactive ketones (excluding diaryl/α,β-unsaturated/α-hetero) is 2. The van der Waals surface area contributed by atoms with Crippen LogP contribution in [0.1, 0.15) is 63.6 Å². The molecule has 3 unspecified atom stereocenters. The number of azo groups is 2. The number of hydrogen-bond donors (Lipinski definition) is 4. The molecule has 5 rings (SSSR count). The Bertz CT molecular complexity index is 2680. The molecule has 0 aliphatic rings. The quantitative estimate of drug-likeness (QED) is 0.0360. The van der Waals surface area contributed by atoms with E-state index in [1.165, 1.54) is 54.6 Å². The second kappa shape index (κ2) is 23.8. The molecule has 0 aliphatic carbocycles. The van der Waals surface area contributed by atoms with Crippen molar-refractivity contribution >= 4 is 127 Å². The Morgan fingerprint density at radius 1 is 0.554 bits per heavy atom. The van der Waals surface area contributed by atoms with E-state index < -0.39 is 52.7 Å². The predicted molar refractivity (Wildman–Crippen MR) is 256 cm³/mol. The van der Waals surface area contributed by atoms with Crippen LogP contribution in [0.4, 0.5) is 34.1 Å². The van der Waals surface area contributed by atoms with Crippen molar-refractivity contribution in [2.24, 2.45) is 20.5 Å². The average molecular weight is 979 g/mol. The summed E-state index contributed by atoms with van der Waals surface area (Å²) in [6.45, 7) is 3.94. The molecule has 19 heteroatoms. The normalized spacial score (nSPS) is 12.6. The first-order chi connectivity index (χ1) is 31.1. The van der Waals surface area contributed by atoms with Crippen LogP contribution in [-0.2, 0) is 32.0 Å². The molecule has 0 spiro atoms. The molecule has 0 aliphatic heterocycles. The van der Waals surface area contributed by atoms with Gasteiger partial charge < -0.3 is 21.3 Å². The molecule has 0 heterocycles.